The summed E-state index contributed by atoms with van der Waals surface area (Å²) in [5.41, 5.74) is 1.97. The first-order valence-electron chi connectivity index (χ1n) is 4.59. The summed E-state index contributed by atoms with van der Waals surface area (Å²) in [5, 5.41) is 12.0. The Morgan fingerprint density at radius 1 is 1.50 bits per heavy atom. The van der Waals surface area contributed by atoms with Crippen LogP contribution in [0.2, 0.25) is 0 Å². The van der Waals surface area contributed by atoms with E-state index in [1.165, 1.54) is 0 Å². The zero-order chi connectivity index (χ0) is 11.7. The molecule has 82 valence electrons. The smallest absolute Gasteiger partial charge is 0.332 e. The number of hydrogen-bond acceptors (Lipinski definition) is 2. The van der Waals surface area contributed by atoms with Gasteiger partial charge in [-0.1, -0.05) is 34.2 Å². The van der Waals surface area contributed by atoms with Crippen LogP contribution in [0.25, 0.3) is 6.08 Å². The van der Waals surface area contributed by atoms with E-state index in [4.69, 9.17) is 17.3 Å². The summed E-state index contributed by atoms with van der Waals surface area (Å²) in [6.45, 7) is 0. The largest absolute Gasteiger partial charge is 0.478 e. The van der Waals surface area contributed by atoms with E-state index in [0.717, 1.165) is 15.7 Å². The highest BCUT2D eigenvalue weighted by Crippen LogP contribution is 2.27. The predicted molar refractivity (Wildman–Crippen MR) is 70.6 cm³/mol. The molecule has 0 aromatic heterocycles. The van der Waals surface area contributed by atoms with Crippen LogP contribution in [0.3, 0.4) is 0 Å². The van der Waals surface area contributed by atoms with Gasteiger partial charge in [-0.3, -0.25) is 0 Å². The lowest BCUT2D eigenvalue weighted by atomic mass is 10.1. The Labute approximate surface area is 106 Å². The maximum absolute atomic E-state index is 11.0. The van der Waals surface area contributed by atoms with Gasteiger partial charge >= 0.3 is 5.97 Å². The lowest BCUT2D eigenvalue weighted by Gasteiger charge is -2.07. The molecular weight excluding hydrogens is 290 g/mol. The van der Waals surface area contributed by atoms with Crippen LogP contribution in [-0.2, 0) is 4.79 Å². The molecule has 0 atom stereocenters. The molecule has 0 fully saturated rings. The van der Waals surface area contributed by atoms with Crippen LogP contribution < -0.4 is 5.32 Å². The van der Waals surface area contributed by atoms with Crippen molar-refractivity contribution in [1.29, 1.82) is 0 Å². The SMILES string of the molecule is O=C(O)C1=Cc2ccc(Br)cc2NC(=S)C1. The van der Waals surface area contributed by atoms with Crippen LogP contribution in [0.15, 0.2) is 28.2 Å². The first-order chi connectivity index (χ1) is 7.56. The minimum atomic E-state index is -0.931. The number of rotatable bonds is 1. The maximum Gasteiger partial charge on any atom is 0.332 e. The number of benzene rings is 1. The Hall–Kier alpha value is -1.20. The van der Waals surface area contributed by atoms with Crippen LogP contribution >= 0.6 is 28.1 Å². The summed E-state index contributed by atoms with van der Waals surface area (Å²) < 4.78 is 0.925. The van der Waals surface area contributed by atoms with E-state index >= 15 is 0 Å². The van der Waals surface area contributed by atoms with Gasteiger partial charge in [0.25, 0.3) is 0 Å². The average molecular weight is 298 g/mol. The van der Waals surface area contributed by atoms with Crippen LogP contribution in [0.5, 0.6) is 0 Å². The zero-order valence-electron chi connectivity index (χ0n) is 8.16. The molecule has 0 radical (unpaired) electrons. The van der Waals surface area contributed by atoms with Crippen molar-refractivity contribution in [3.05, 3.63) is 33.8 Å². The third-order valence-electron chi connectivity index (χ3n) is 2.24. The Morgan fingerprint density at radius 2 is 2.25 bits per heavy atom. The van der Waals surface area contributed by atoms with E-state index in [2.05, 4.69) is 21.2 Å². The number of anilines is 1. The first kappa shape index (κ1) is 11.3. The summed E-state index contributed by atoms with van der Waals surface area (Å²) in [5.74, 6) is -0.931. The van der Waals surface area contributed by atoms with Crippen LogP contribution in [-0.4, -0.2) is 16.1 Å². The van der Waals surface area contributed by atoms with E-state index in [9.17, 15) is 4.79 Å². The van der Waals surface area contributed by atoms with Crippen LogP contribution in [0.1, 0.15) is 12.0 Å². The summed E-state index contributed by atoms with van der Waals surface area (Å²) >= 11 is 8.44. The van der Waals surface area contributed by atoms with Crippen molar-refractivity contribution in [3.63, 3.8) is 0 Å². The van der Waals surface area contributed by atoms with Gasteiger partial charge in [0, 0.05) is 22.2 Å². The molecular formula is C11H8BrNO2S. The van der Waals surface area contributed by atoms with Gasteiger partial charge < -0.3 is 10.4 Å². The molecule has 1 aliphatic rings. The molecule has 1 aromatic rings. The van der Waals surface area contributed by atoms with E-state index in [-0.39, 0.29) is 6.42 Å². The Morgan fingerprint density at radius 3 is 2.94 bits per heavy atom. The van der Waals surface area contributed by atoms with Crippen LogP contribution in [0.4, 0.5) is 5.69 Å². The minimum Gasteiger partial charge on any atom is -0.478 e. The molecule has 1 aliphatic heterocycles. The van der Waals surface area contributed by atoms with Gasteiger partial charge in [-0.05, 0) is 23.8 Å². The van der Waals surface area contributed by atoms with Gasteiger partial charge in [-0.15, -0.1) is 0 Å². The van der Waals surface area contributed by atoms with Crippen LogP contribution in [0, 0.1) is 0 Å². The molecule has 16 heavy (non-hydrogen) atoms. The molecule has 0 spiro atoms. The summed E-state index contributed by atoms with van der Waals surface area (Å²) in [6.07, 6.45) is 1.91. The molecule has 0 bridgehead atoms. The minimum absolute atomic E-state index is 0.261. The second kappa shape index (κ2) is 4.35. The van der Waals surface area contributed by atoms with Crippen molar-refractivity contribution >= 4 is 50.9 Å². The number of carboxylic acids is 1. The fourth-order valence-corrected chi connectivity index (χ4v) is 2.13. The maximum atomic E-state index is 11.0. The molecule has 0 saturated heterocycles. The van der Waals surface area contributed by atoms with Crippen molar-refractivity contribution in [2.45, 2.75) is 6.42 Å². The second-order valence-electron chi connectivity index (χ2n) is 3.43. The molecule has 0 aliphatic carbocycles. The van der Waals surface area contributed by atoms with Gasteiger partial charge in [-0.2, -0.15) is 0 Å². The number of hydrogen-bond donors (Lipinski definition) is 2. The average Bonchev–Trinajstić information content (AvgIpc) is 2.35. The Balaban J connectivity index is 2.54. The molecule has 0 saturated carbocycles. The van der Waals surface area contributed by atoms with E-state index in [1.54, 1.807) is 6.08 Å². The molecule has 5 heteroatoms. The second-order valence-corrected chi connectivity index (χ2v) is 4.84. The van der Waals surface area contributed by atoms with Crippen molar-refractivity contribution in [1.82, 2.24) is 0 Å². The van der Waals surface area contributed by atoms with E-state index < -0.39 is 5.97 Å². The lowest BCUT2D eigenvalue weighted by Crippen LogP contribution is -2.11. The number of carboxylic acid groups (broad SMARTS) is 1. The predicted octanol–water partition coefficient (Wildman–Crippen LogP) is 3.06. The quantitative estimate of drug-likeness (QED) is 0.782. The summed E-state index contributed by atoms with van der Waals surface area (Å²) in [6, 6.07) is 5.59. The fourth-order valence-electron chi connectivity index (χ4n) is 1.51. The van der Waals surface area contributed by atoms with Crippen molar-refractivity contribution in [3.8, 4) is 0 Å². The molecule has 1 aromatic carbocycles. The molecule has 2 rings (SSSR count). The Kier molecular flexibility index (Phi) is 3.07. The van der Waals surface area contributed by atoms with E-state index in [1.807, 2.05) is 18.2 Å². The molecule has 1 heterocycles. The van der Waals surface area contributed by atoms with Crippen molar-refractivity contribution < 1.29 is 9.90 Å². The zero-order valence-corrected chi connectivity index (χ0v) is 10.6. The summed E-state index contributed by atoms with van der Waals surface area (Å²) in [4.78, 5) is 11.5. The number of fused-ring (bicyclic) bond motifs is 1. The third kappa shape index (κ3) is 2.31. The normalized spacial score (nSPS) is 14.6. The van der Waals surface area contributed by atoms with Gasteiger partial charge in [0.2, 0.25) is 0 Å². The highest BCUT2D eigenvalue weighted by molar-refractivity contribution is 9.10. The topological polar surface area (TPSA) is 49.3 Å². The fraction of sp³-hybridized carbons (Fsp3) is 0.0909. The molecule has 0 unspecified atom stereocenters. The highest BCUT2D eigenvalue weighted by Gasteiger charge is 2.16. The third-order valence-corrected chi connectivity index (χ3v) is 2.98. The van der Waals surface area contributed by atoms with Gasteiger partial charge in [0.15, 0.2) is 0 Å². The number of halogens is 1. The lowest BCUT2D eigenvalue weighted by molar-refractivity contribution is -0.132. The Bertz CT molecular complexity index is 511. The van der Waals surface area contributed by atoms with E-state index in [0.29, 0.717) is 10.6 Å². The highest BCUT2D eigenvalue weighted by atomic mass is 79.9. The van der Waals surface area contributed by atoms with Gasteiger partial charge in [0.1, 0.15) is 0 Å². The van der Waals surface area contributed by atoms with Crippen molar-refractivity contribution in [2.24, 2.45) is 0 Å². The van der Waals surface area contributed by atoms with Gasteiger partial charge in [0.05, 0.1) is 4.99 Å². The number of aliphatic carboxylic acids is 1. The number of carbonyl (C=O) groups is 1. The van der Waals surface area contributed by atoms with Gasteiger partial charge in [-0.25, -0.2) is 4.79 Å². The standard InChI is InChI=1S/C11H8BrNO2S/c12-8-2-1-6-3-7(11(14)15)4-10(16)13-9(6)5-8/h1-3,5H,4H2,(H,13,16)(H,14,15). The number of thiocarbonyl (C=S) groups is 1. The number of nitrogens with one attached hydrogen (secondary N) is 1. The molecule has 2 N–H and O–H groups in total. The first-order valence-corrected chi connectivity index (χ1v) is 5.79. The summed E-state index contributed by atoms with van der Waals surface area (Å²) in [7, 11) is 0. The van der Waals surface area contributed by atoms with Crippen molar-refractivity contribution in [2.75, 3.05) is 5.32 Å². The molecule has 0 amide bonds. The monoisotopic (exact) mass is 297 g/mol. The molecule has 3 nitrogen and oxygen atoms in total.